The molecule has 2 nitrogen and oxygen atoms in total. The first-order valence-corrected chi connectivity index (χ1v) is 9.57. The van der Waals surface area contributed by atoms with Gasteiger partial charge in [0, 0.05) is 5.54 Å². The van der Waals surface area contributed by atoms with Crippen LogP contribution in [0, 0.1) is 0 Å². The summed E-state index contributed by atoms with van der Waals surface area (Å²) in [6, 6.07) is 10.1. The lowest BCUT2D eigenvalue weighted by Crippen LogP contribution is -2.45. The van der Waals surface area contributed by atoms with Gasteiger partial charge in [-0.2, -0.15) is 0 Å². The lowest BCUT2D eigenvalue weighted by atomic mass is 10.1. The molecular formula is C21H37NO. The number of para-hydroxylation sites is 1. The molecule has 132 valence electrons. The molecule has 0 bridgehead atoms. The van der Waals surface area contributed by atoms with E-state index in [-0.39, 0.29) is 5.54 Å². The Labute approximate surface area is 144 Å². The first-order valence-electron chi connectivity index (χ1n) is 9.57. The zero-order valence-corrected chi connectivity index (χ0v) is 15.6. The summed E-state index contributed by atoms with van der Waals surface area (Å²) in [7, 11) is 0. The predicted molar refractivity (Wildman–Crippen MR) is 101 cm³/mol. The Morgan fingerprint density at radius 2 is 1.39 bits per heavy atom. The minimum Gasteiger partial charge on any atom is -0.492 e. The van der Waals surface area contributed by atoms with Crippen LogP contribution in [0.15, 0.2) is 30.3 Å². The molecule has 0 atom stereocenters. The van der Waals surface area contributed by atoms with Crippen LogP contribution in [0.5, 0.6) is 5.75 Å². The van der Waals surface area contributed by atoms with E-state index in [2.05, 4.69) is 26.1 Å². The van der Waals surface area contributed by atoms with Gasteiger partial charge >= 0.3 is 0 Å². The number of hydrogen-bond acceptors (Lipinski definition) is 2. The highest BCUT2D eigenvalue weighted by molar-refractivity contribution is 5.21. The topological polar surface area (TPSA) is 21.3 Å². The van der Waals surface area contributed by atoms with Crippen molar-refractivity contribution in [2.45, 2.75) is 84.1 Å². The molecule has 0 aromatic heterocycles. The van der Waals surface area contributed by atoms with Gasteiger partial charge in [0.15, 0.2) is 0 Å². The Morgan fingerprint density at radius 1 is 0.826 bits per heavy atom. The van der Waals surface area contributed by atoms with Crippen LogP contribution < -0.4 is 10.1 Å². The SMILES string of the molecule is CCCCCCCCCCCNC(C)(C)COc1ccccc1. The van der Waals surface area contributed by atoms with Crippen molar-refractivity contribution in [1.82, 2.24) is 5.32 Å². The highest BCUT2D eigenvalue weighted by Crippen LogP contribution is 2.13. The van der Waals surface area contributed by atoms with Crippen LogP contribution in [0.25, 0.3) is 0 Å². The highest BCUT2D eigenvalue weighted by atomic mass is 16.5. The van der Waals surface area contributed by atoms with E-state index in [1.54, 1.807) is 0 Å². The molecule has 1 N–H and O–H groups in total. The van der Waals surface area contributed by atoms with E-state index in [1.807, 2.05) is 30.3 Å². The molecule has 1 aromatic carbocycles. The molecule has 0 unspecified atom stereocenters. The van der Waals surface area contributed by atoms with Gasteiger partial charge in [-0.15, -0.1) is 0 Å². The number of nitrogens with one attached hydrogen (secondary N) is 1. The molecule has 0 heterocycles. The third-order valence-corrected chi connectivity index (χ3v) is 4.23. The molecule has 1 aromatic rings. The molecule has 0 aliphatic carbocycles. The molecule has 1 rings (SSSR count). The van der Waals surface area contributed by atoms with Gasteiger partial charge < -0.3 is 10.1 Å². The maximum Gasteiger partial charge on any atom is 0.119 e. The van der Waals surface area contributed by atoms with Gasteiger partial charge in [-0.05, 0) is 38.9 Å². The third-order valence-electron chi connectivity index (χ3n) is 4.23. The summed E-state index contributed by atoms with van der Waals surface area (Å²) in [6.07, 6.45) is 12.4. The molecule has 0 spiro atoms. The van der Waals surface area contributed by atoms with Crippen molar-refractivity contribution in [2.24, 2.45) is 0 Å². The maximum absolute atomic E-state index is 5.85. The molecular weight excluding hydrogens is 282 g/mol. The van der Waals surface area contributed by atoms with Crippen molar-refractivity contribution in [1.29, 1.82) is 0 Å². The lowest BCUT2D eigenvalue weighted by molar-refractivity contribution is 0.208. The van der Waals surface area contributed by atoms with Crippen molar-refractivity contribution in [2.75, 3.05) is 13.2 Å². The van der Waals surface area contributed by atoms with E-state index < -0.39 is 0 Å². The first kappa shape index (κ1) is 20.0. The molecule has 0 amide bonds. The van der Waals surface area contributed by atoms with Gasteiger partial charge in [-0.25, -0.2) is 0 Å². The molecule has 2 heteroatoms. The molecule has 0 radical (unpaired) electrons. The van der Waals surface area contributed by atoms with Crippen LogP contribution in [-0.2, 0) is 0 Å². The average Bonchev–Trinajstić information content (AvgIpc) is 2.56. The van der Waals surface area contributed by atoms with Crippen LogP contribution in [0.1, 0.15) is 78.6 Å². The zero-order chi connectivity index (χ0) is 16.8. The molecule has 0 aliphatic heterocycles. The fourth-order valence-corrected chi connectivity index (χ4v) is 2.69. The normalized spacial score (nSPS) is 11.6. The number of hydrogen-bond donors (Lipinski definition) is 1. The minimum atomic E-state index is 0.0238. The van der Waals surface area contributed by atoms with Crippen LogP contribution in [0.3, 0.4) is 0 Å². The monoisotopic (exact) mass is 319 g/mol. The lowest BCUT2D eigenvalue weighted by Gasteiger charge is -2.26. The summed E-state index contributed by atoms with van der Waals surface area (Å²) in [5, 5.41) is 3.62. The van der Waals surface area contributed by atoms with Crippen molar-refractivity contribution in [3.63, 3.8) is 0 Å². The predicted octanol–water partition coefficient (Wildman–Crippen LogP) is 5.96. The Bertz CT molecular complexity index is 375. The maximum atomic E-state index is 5.85. The van der Waals surface area contributed by atoms with E-state index in [9.17, 15) is 0 Å². The Morgan fingerprint density at radius 3 is 2.00 bits per heavy atom. The van der Waals surface area contributed by atoms with Gasteiger partial charge in [0.25, 0.3) is 0 Å². The van der Waals surface area contributed by atoms with E-state index in [4.69, 9.17) is 4.74 Å². The molecule has 0 saturated heterocycles. The van der Waals surface area contributed by atoms with E-state index in [0.29, 0.717) is 6.61 Å². The highest BCUT2D eigenvalue weighted by Gasteiger charge is 2.17. The number of unbranched alkanes of at least 4 members (excludes halogenated alkanes) is 8. The standard InChI is InChI=1S/C21H37NO/c1-4-5-6-7-8-9-10-11-15-18-22-21(2,3)19-23-20-16-13-12-14-17-20/h12-14,16-17,22H,4-11,15,18-19H2,1-3H3. The number of ether oxygens (including phenoxy) is 1. The van der Waals surface area contributed by atoms with Crippen molar-refractivity contribution < 1.29 is 4.74 Å². The van der Waals surface area contributed by atoms with Crippen molar-refractivity contribution in [3.8, 4) is 5.75 Å². The zero-order valence-electron chi connectivity index (χ0n) is 15.6. The fourth-order valence-electron chi connectivity index (χ4n) is 2.69. The van der Waals surface area contributed by atoms with Gasteiger partial charge in [0.2, 0.25) is 0 Å². The summed E-state index contributed by atoms with van der Waals surface area (Å²) >= 11 is 0. The Balaban J connectivity index is 1.97. The van der Waals surface area contributed by atoms with Crippen LogP contribution in [0.2, 0.25) is 0 Å². The van der Waals surface area contributed by atoms with E-state index in [1.165, 1.54) is 57.8 Å². The largest absolute Gasteiger partial charge is 0.492 e. The quantitative estimate of drug-likeness (QED) is 0.427. The van der Waals surface area contributed by atoms with Gasteiger partial charge in [0.1, 0.15) is 12.4 Å². The van der Waals surface area contributed by atoms with E-state index >= 15 is 0 Å². The smallest absolute Gasteiger partial charge is 0.119 e. The van der Waals surface area contributed by atoms with Gasteiger partial charge in [-0.3, -0.25) is 0 Å². The molecule has 0 saturated carbocycles. The van der Waals surface area contributed by atoms with Gasteiger partial charge in [-0.1, -0.05) is 76.5 Å². The number of benzene rings is 1. The second kappa shape index (κ2) is 12.4. The van der Waals surface area contributed by atoms with Crippen molar-refractivity contribution in [3.05, 3.63) is 30.3 Å². The Kier molecular flexibility index (Phi) is 10.8. The molecule has 0 aliphatic rings. The van der Waals surface area contributed by atoms with Gasteiger partial charge in [0.05, 0.1) is 0 Å². The number of rotatable bonds is 14. The summed E-state index contributed by atoms with van der Waals surface area (Å²) in [6.45, 7) is 8.49. The summed E-state index contributed by atoms with van der Waals surface area (Å²) in [5.41, 5.74) is 0.0238. The summed E-state index contributed by atoms with van der Waals surface area (Å²) in [4.78, 5) is 0. The molecule has 23 heavy (non-hydrogen) atoms. The van der Waals surface area contributed by atoms with Crippen LogP contribution in [-0.4, -0.2) is 18.7 Å². The minimum absolute atomic E-state index is 0.0238. The average molecular weight is 320 g/mol. The second-order valence-electron chi connectivity index (χ2n) is 7.24. The Hall–Kier alpha value is -1.02. The second-order valence-corrected chi connectivity index (χ2v) is 7.24. The van der Waals surface area contributed by atoms with Crippen LogP contribution in [0.4, 0.5) is 0 Å². The fraction of sp³-hybridized carbons (Fsp3) is 0.714. The van der Waals surface area contributed by atoms with Crippen LogP contribution >= 0.6 is 0 Å². The summed E-state index contributed by atoms with van der Waals surface area (Å²) in [5.74, 6) is 0.949. The molecule has 0 fully saturated rings. The van der Waals surface area contributed by atoms with E-state index in [0.717, 1.165) is 12.3 Å². The third kappa shape index (κ3) is 11.2. The van der Waals surface area contributed by atoms with Crippen molar-refractivity contribution >= 4 is 0 Å². The summed E-state index contributed by atoms with van der Waals surface area (Å²) < 4.78 is 5.85. The first-order chi connectivity index (χ1) is 11.1.